The average Bonchev–Trinajstić information content (AvgIpc) is 3.15. The van der Waals surface area contributed by atoms with Crippen molar-refractivity contribution in [1.29, 1.82) is 0 Å². The zero-order chi connectivity index (χ0) is 22.8. The Morgan fingerprint density at radius 3 is 2.40 bits per heavy atom. The quantitative estimate of drug-likeness (QED) is 0.181. The molecule has 0 spiro atoms. The molecule has 4 unspecified atom stereocenters. The van der Waals surface area contributed by atoms with Crippen LogP contribution < -0.4 is 27.8 Å². The van der Waals surface area contributed by atoms with Crippen molar-refractivity contribution in [3.05, 3.63) is 0 Å². The van der Waals surface area contributed by atoms with Crippen LogP contribution in [-0.2, 0) is 24.0 Å². The third-order valence-corrected chi connectivity index (χ3v) is 4.89. The van der Waals surface area contributed by atoms with Gasteiger partial charge in [-0.3, -0.25) is 24.0 Å². The molecule has 170 valence electrons. The molecule has 9 N–H and O–H groups in total. The van der Waals surface area contributed by atoms with E-state index < -0.39 is 53.8 Å². The summed E-state index contributed by atoms with van der Waals surface area (Å²) in [6.45, 7) is 2.05. The fourth-order valence-corrected chi connectivity index (χ4v) is 3.21. The van der Waals surface area contributed by atoms with Crippen LogP contribution in [0.25, 0.3) is 0 Å². The summed E-state index contributed by atoms with van der Waals surface area (Å²) in [5.41, 5.74) is 16.2. The van der Waals surface area contributed by atoms with Gasteiger partial charge in [-0.2, -0.15) is 0 Å². The topological polar surface area (TPSA) is 211 Å². The van der Waals surface area contributed by atoms with Crippen LogP contribution in [0.2, 0.25) is 0 Å². The molecule has 1 aliphatic heterocycles. The maximum atomic E-state index is 13.1. The lowest BCUT2D eigenvalue weighted by atomic mass is 10.1. The Hall–Kier alpha value is -2.73. The van der Waals surface area contributed by atoms with Gasteiger partial charge in [-0.1, -0.05) is 0 Å². The van der Waals surface area contributed by atoms with Crippen molar-refractivity contribution < 1.29 is 29.1 Å². The number of rotatable bonds is 12. The first-order valence-electron chi connectivity index (χ1n) is 9.96. The summed E-state index contributed by atoms with van der Waals surface area (Å²) in [5, 5.41) is 13.9. The molecule has 4 amide bonds. The number of carbonyl (C=O) groups is 5. The normalized spacial score (nSPS) is 18.9. The van der Waals surface area contributed by atoms with E-state index in [2.05, 4.69) is 10.6 Å². The van der Waals surface area contributed by atoms with Gasteiger partial charge in [-0.15, -0.1) is 0 Å². The van der Waals surface area contributed by atoms with E-state index in [-0.39, 0.29) is 12.8 Å². The molecular formula is C18H32N6O6. The van der Waals surface area contributed by atoms with Crippen molar-refractivity contribution >= 4 is 29.6 Å². The Morgan fingerprint density at radius 2 is 1.83 bits per heavy atom. The number of nitrogens with one attached hydrogen (secondary N) is 2. The van der Waals surface area contributed by atoms with Gasteiger partial charge in [-0.25, -0.2) is 0 Å². The fourth-order valence-electron chi connectivity index (χ4n) is 3.21. The van der Waals surface area contributed by atoms with Crippen molar-refractivity contribution in [1.82, 2.24) is 15.5 Å². The van der Waals surface area contributed by atoms with E-state index in [4.69, 9.17) is 22.3 Å². The molecule has 12 nitrogen and oxygen atoms in total. The second kappa shape index (κ2) is 12.1. The van der Waals surface area contributed by atoms with Gasteiger partial charge in [0.05, 0.1) is 12.5 Å². The Balaban J connectivity index is 2.89. The molecule has 30 heavy (non-hydrogen) atoms. The van der Waals surface area contributed by atoms with Gasteiger partial charge in [0.1, 0.15) is 18.1 Å². The smallest absolute Gasteiger partial charge is 0.325 e. The Bertz CT molecular complexity index is 657. The van der Waals surface area contributed by atoms with E-state index in [1.165, 1.54) is 11.8 Å². The number of unbranched alkanes of at least 4 members (excludes halogenated alkanes) is 1. The number of nitrogens with two attached hydrogens (primary N) is 3. The zero-order valence-corrected chi connectivity index (χ0v) is 17.1. The molecule has 1 aliphatic rings. The highest BCUT2D eigenvalue weighted by atomic mass is 16.4. The second-order valence-corrected chi connectivity index (χ2v) is 7.38. The summed E-state index contributed by atoms with van der Waals surface area (Å²) in [6, 6.07) is -4.07. The van der Waals surface area contributed by atoms with Gasteiger partial charge in [0.2, 0.25) is 23.6 Å². The molecule has 1 fully saturated rings. The number of hydrogen-bond acceptors (Lipinski definition) is 7. The van der Waals surface area contributed by atoms with Crippen LogP contribution in [0.4, 0.5) is 0 Å². The first kappa shape index (κ1) is 25.3. The van der Waals surface area contributed by atoms with E-state index in [1.54, 1.807) is 0 Å². The Morgan fingerprint density at radius 1 is 1.17 bits per heavy atom. The highest BCUT2D eigenvalue weighted by Gasteiger charge is 2.38. The molecule has 12 heteroatoms. The van der Waals surface area contributed by atoms with E-state index in [0.717, 1.165) is 0 Å². The third kappa shape index (κ3) is 7.59. The van der Waals surface area contributed by atoms with E-state index in [1.807, 2.05) is 0 Å². The van der Waals surface area contributed by atoms with Gasteiger partial charge in [0.15, 0.2) is 0 Å². The predicted octanol–water partition coefficient (Wildman–Crippen LogP) is -2.62. The lowest BCUT2D eigenvalue weighted by Crippen LogP contribution is -2.56. The highest BCUT2D eigenvalue weighted by Crippen LogP contribution is 2.20. The number of amides is 4. The highest BCUT2D eigenvalue weighted by molar-refractivity contribution is 5.95. The molecule has 0 aromatic carbocycles. The van der Waals surface area contributed by atoms with Crippen LogP contribution in [0.15, 0.2) is 0 Å². The molecule has 0 aromatic rings. The summed E-state index contributed by atoms with van der Waals surface area (Å²) in [7, 11) is 0. The van der Waals surface area contributed by atoms with Gasteiger partial charge in [0, 0.05) is 6.54 Å². The Labute approximate surface area is 174 Å². The number of carboxylic acid groups (broad SMARTS) is 1. The average molecular weight is 428 g/mol. The number of aliphatic carboxylic acids is 1. The van der Waals surface area contributed by atoms with Crippen LogP contribution >= 0.6 is 0 Å². The maximum absolute atomic E-state index is 13.1. The van der Waals surface area contributed by atoms with Gasteiger partial charge in [0.25, 0.3) is 0 Å². The van der Waals surface area contributed by atoms with Crippen molar-refractivity contribution in [2.45, 2.75) is 69.6 Å². The minimum Gasteiger partial charge on any atom is -0.480 e. The number of likely N-dealkylation sites (tertiary alicyclic amines) is 1. The molecule has 1 rings (SSSR count). The molecule has 0 bridgehead atoms. The van der Waals surface area contributed by atoms with Crippen LogP contribution in [-0.4, -0.2) is 76.9 Å². The first-order chi connectivity index (χ1) is 14.1. The van der Waals surface area contributed by atoms with Crippen molar-refractivity contribution in [2.75, 3.05) is 13.1 Å². The molecular weight excluding hydrogens is 396 g/mol. The molecule has 1 heterocycles. The van der Waals surface area contributed by atoms with Crippen molar-refractivity contribution in [3.63, 3.8) is 0 Å². The second-order valence-electron chi connectivity index (χ2n) is 7.38. The zero-order valence-electron chi connectivity index (χ0n) is 17.1. The maximum Gasteiger partial charge on any atom is 0.325 e. The third-order valence-electron chi connectivity index (χ3n) is 4.89. The van der Waals surface area contributed by atoms with Crippen LogP contribution in [0, 0.1) is 0 Å². The molecule has 0 aromatic heterocycles. The van der Waals surface area contributed by atoms with Crippen molar-refractivity contribution in [2.24, 2.45) is 17.2 Å². The number of primary amides is 1. The SMILES string of the molecule is CC(NC(=O)C1CCCN1C(=O)C(CCCCN)NC(=O)C(N)CC(N)=O)C(=O)O. The number of nitrogens with zero attached hydrogens (tertiary/aromatic N) is 1. The van der Waals surface area contributed by atoms with Crippen LogP contribution in [0.1, 0.15) is 45.4 Å². The molecule has 4 atom stereocenters. The van der Waals surface area contributed by atoms with Crippen LogP contribution in [0.5, 0.6) is 0 Å². The molecule has 0 radical (unpaired) electrons. The van der Waals surface area contributed by atoms with Gasteiger partial charge in [-0.05, 0) is 45.6 Å². The van der Waals surface area contributed by atoms with Gasteiger partial charge < -0.3 is 37.8 Å². The van der Waals surface area contributed by atoms with Crippen molar-refractivity contribution in [3.8, 4) is 0 Å². The van der Waals surface area contributed by atoms with Crippen LogP contribution in [0.3, 0.4) is 0 Å². The minimum absolute atomic E-state index is 0.279. The summed E-state index contributed by atoms with van der Waals surface area (Å²) in [5.74, 6) is -3.65. The Kier molecular flexibility index (Phi) is 10.2. The molecule has 0 aliphatic carbocycles. The number of carbonyl (C=O) groups excluding carboxylic acids is 4. The summed E-state index contributed by atoms with van der Waals surface area (Å²) < 4.78 is 0. The summed E-state index contributed by atoms with van der Waals surface area (Å²) >= 11 is 0. The minimum atomic E-state index is -1.19. The molecule has 1 saturated heterocycles. The number of carboxylic acids is 1. The standard InChI is InChI=1S/C18H32N6O6/c1-10(18(29)30)22-16(27)13-6-4-8-24(13)17(28)12(5-2-3-7-19)23-15(26)11(20)9-14(21)25/h10-13H,2-9,19-20H2,1H3,(H2,21,25)(H,22,27)(H,23,26)(H,29,30). The monoisotopic (exact) mass is 428 g/mol. The molecule has 0 saturated carbocycles. The predicted molar refractivity (Wildman–Crippen MR) is 107 cm³/mol. The lowest BCUT2D eigenvalue weighted by molar-refractivity contribution is -0.144. The first-order valence-corrected chi connectivity index (χ1v) is 9.96. The van der Waals surface area contributed by atoms with Gasteiger partial charge >= 0.3 is 5.97 Å². The fraction of sp³-hybridized carbons (Fsp3) is 0.722. The largest absolute Gasteiger partial charge is 0.480 e. The van der Waals surface area contributed by atoms with E-state index in [9.17, 15) is 24.0 Å². The number of hydrogen-bond donors (Lipinski definition) is 6. The van der Waals surface area contributed by atoms with E-state index in [0.29, 0.717) is 38.8 Å². The van der Waals surface area contributed by atoms with E-state index >= 15 is 0 Å². The summed E-state index contributed by atoms with van der Waals surface area (Å²) in [4.78, 5) is 61.2. The summed E-state index contributed by atoms with van der Waals surface area (Å²) in [6.07, 6.45) is 2.05. The lowest BCUT2D eigenvalue weighted by Gasteiger charge is -2.29.